The Bertz CT molecular complexity index is 492. The van der Waals surface area contributed by atoms with Crippen LogP contribution in [0.5, 0.6) is 0 Å². The van der Waals surface area contributed by atoms with Crippen LogP contribution in [0.2, 0.25) is 0 Å². The van der Waals surface area contributed by atoms with Crippen molar-refractivity contribution in [1.82, 2.24) is 4.90 Å². The number of benzene rings is 1. The highest BCUT2D eigenvalue weighted by Gasteiger charge is 2.29. The van der Waals surface area contributed by atoms with Crippen LogP contribution in [-0.4, -0.2) is 36.5 Å². The topological polar surface area (TPSA) is 58.4 Å². The molecule has 0 saturated carbocycles. The number of hydrogen-bond donors (Lipinski definition) is 2. The second-order valence-electron chi connectivity index (χ2n) is 5.62. The fourth-order valence-electron chi connectivity index (χ4n) is 2.71. The molecule has 1 aliphatic rings. The Balaban J connectivity index is 1.94. The summed E-state index contributed by atoms with van der Waals surface area (Å²) >= 11 is 0. The van der Waals surface area contributed by atoms with Gasteiger partial charge in [-0.15, -0.1) is 0 Å². The molecular weight excluding hydrogens is 257 g/mol. The maximum Gasteiger partial charge on any atom is 0.238 e. The van der Waals surface area contributed by atoms with Crippen LogP contribution in [0, 0.1) is 18.7 Å². The molecule has 0 bridgehead atoms. The Labute approximate surface area is 119 Å². The number of aryl methyl sites for hydroxylation is 1. The van der Waals surface area contributed by atoms with Gasteiger partial charge >= 0.3 is 0 Å². The zero-order valence-electron chi connectivity index (χ0n) is 12.0. The number of carbonyl (C=O) groups is 1. The summed E-state index contributed by atoms with van der Waals surface area (Å²) in [6.07, 6.45) is 1.03. The van der Waals surface area contributed by atoms with E-state index >= 15 is 0 Å². The van der Waals surface area contributed by atoms with Gasteiger partial charge in [0, 0.05) is 18.3 Å². The van der Waals surface area contributed by atoms with Crippen molar-refractivity contribution >= 4 is 11.6 Å². The van der Waals surface area contributed by atoms with E-state index in [0.717, 1.165) is 18.5 Å². The molecule has 0 aromatic heterocycles. The highest BCUT2D eigenvalue weighted by atomic mass is 19.1. The average Bonchev–Trinajstić information content (AvgIpc) is 2.74. The lowest BCUT2D eigenvalue weighted by Crippen LogP contribution is -2.36. The van der Waals surface area contributed by atoms with E-state index in [0.29, 0.717) is 30.7 Å². The summed E-state index contributed by atoms with van der Waals surface area (Å²) < 4.78 is 13.2. The molecule has 110 valence electrons. The van der Waals surface area contributed by atoms with E-state index in [2.05, 4.69) is 17.1 Å². The molecule has 5 heteroatoms. The van der Waals surface area contributed by atoms with Gasteiger partial charge < -0.3 is 11.1 Å². The van der Waals surface area contributed by atoms with E-state index in [9.17, 15) is 9.18 Å². The summed E-state index contributed by atoms with van der Waals surface area (Å²) in [7, 11) is 0. The lowest BCUT2D eigenvalue weighted by Gasteiger charge is -2.20. The van der Waals surface area contributed by atoms with Crippen molar-refractivity contribution < 1.29 is 9.18 Å². The van der Waals surface area contributed by atoms with Crippen LogP contribution in [0.15, 0.2) is 18.2 Å². The third-order valence-corrected chi connectivity index (χ3v) is 3.94. The molecule has 1 aromatic rings. The predicted molar refractivity (Wildman–Crippen MR) is 78.0 cm³/mol. The zero-order valence-corrected chi connectivity index (χ0v) is 12.0. The molecule has 0 spiro atoms. The first-order valence-corrected chi connectivity index (χ1v) is 6.99. The monoisotopic (exact) mass is 279 g/mol. The lowest BCUT2D eigenvalue weighted by molar-refractivity contribution is -0.117. The Kier molecular flexibility index (Phi) is 4.73. The predicted octanol–water partition coefficient (Wildman–Crippen LogP) is 1.74. The summed E-state index contributed by atoms with van der Waals surface area (Å²) in [6, 6.07) is 4.76. The van der Waals surface area contributed by atoms with E-state index in [4.69, 9.17) is 5.73 Å². The summed E-state index contributed by atoms with van der Waals surface area (Å²) in [6.45, 7) is 5.79. The molecule has 20 heavy (non-hydrogen) atoms. The van der Waals surface area contributed by atoms with Gasteiger partial charge in [-0.3, -0.25) is 9.69 Å². The molecule has 1 heterocycles. The van der Waals surface area contributed by atoms with Crippen LogP contribution in [-0.2, 0) is 4.79 Å². The van der Waals surface area contributed by atoms with E-state index in [1.54, 1.807) is 6.07 Å². The van der Waals surface area contributed by atoms with Gasteiger partial charge in [0.1, 0.15) is 5.82 Å². The SMILES string of the molecule is Cc1ccc(F)cc1NC(=O)CN1CC(CN)CC1C. The third kappa shape index (κ3) is 3.55. The molecule has 1 fully saturated rings. The number of rotatable bonds is 4. The highest BCUT2D eigenvalue weighted by Crippen LogP contribution is 2.22. The van der Waals surface area contributed by atoms with Crippen LogP contribution in [0.3, 0.4) is 0 Å². The van der Waals surface area contributed by atoms with Gasteiger partial charge in [-0.2, -0.15) is 0 Å². The van der Waals surface area contributed by atoms with E-state index in [1.807, 2.05) is 6.92 Å². The number of nitrogens with one attached hydrogen (secondary N) is 1. The molecule has 1 amide bonds. The standard InChI is InChI=1S/C15H22FN3O/c1-10-3-4-13(16)6-14(10)18-15(20)9-19-8-12(7-17)5-11(19)2/h3-4,6,11-12H,5,7-9,17H2,1-2H3,(H,18,20). The number of carbonyl (C=O) groups excluding carboxylic acids is 1. The maximum absolute atomic E-state index is 13.2. The molecule has 4 nitrogen and oxygen atoms in total. The number of halogens is 1. The van der Waals surface area contributed by atoms with Crippen LogP contribution in [0.4, 0.5) is 10.1 Å². The molecule has 3 N–H and O–H groups in total. The minimum atomic E-state index is -0.344. The lowest BCUT2D eigenvalue weighted by atomic mass is 10.1. The van der Waals surface area contributed by atoms with Crippen molar-refractivity contribution in [2.75, 3.05) is 25.0 Å². The first-order valence-electron chi connectivity index (χ1n) is 6.99. The molecule has 0 radical (unpaired) electrons. The number of nitrogens with two attached hydrogens (primary N) is 1. The van der Waals surface area contributed by atoms with Crippen molar-refractivity contribution in [3.05, 3.63) is 29.6 Å². The molecule has 1 aliphatic heterocycles. The fourth-order valence-corrected chi connectivity index (χ4v) is 2.71. The van der Waals surface area contributed by atoms with Crippen LogP contribution >= 0.6 is 0 Å². The number of likely N-dealkylation sites (tertiary alicyclic amines) is 1. The van der Waals surface area contributed by atoms with Crippen molar-refractivity contribution in [1.29, 1.82) is 0 Å². The molecule has 0 aliphatic carbocycles. The maximum atomic E-state index is 13.2. The second kappa shape index (κ2) is 6.33. The Morgan fingerprint density at radius 2 is 2.30 bits per heavy atom. The Hall–Kier alpha value is -1.46. The van der Waals surface area contributed by atoms with Crippen LogP contribution < -0.4 is 11.1 Å². The molecular formula is C15H22FN3O. The van der Waals surface area contributed by atoms with Crippen molar-refractivity contribution in [3.63, 3.8) is 0 Å². The first-order chi connectivity index (χ1) is 9.49. The van der Waals surface area contributed by atoms with Crippen molar-refractivity contribution in [3.8, 4) is 0 Å². The quantitative estimate of drug-likeness (QED) is 0.882. The third-order valence-electron chi connectivity index (χ3n) is 3.94. The average molecular weight is 279 g/mol. The summed E-state index contributed by atoms with van der Waals surface area (Å²) in [5.41, 5.74) is 7.07. The normalized spacial score (nSPS) is 23.0. The molecule has 2 atom stereocenters. The van der Waals surface area contributed by atoms with Gasteiger partial charge in [0.2, 0.25) is 5.91 Å². The molecule has 1 aromatic carbocycles. The smallest absolute Gasteiger partial charge is 0.238 e. The summed E-state index contributed by atoms with van der Waals surface area (Å²) in [5.74, 6) is 0.0144. The first kappa shape index (κ1) is 14.9. The number of amides is 1. The fraction of sp³-hybridized carbons (Fsp3) is 0.533. The number of nitrogens with zero attached hydrogens (tertiary/aromatic N) is 1. The molecule has 2 rings (SSSR count). The van der Waals surface area contributed by atoms with E-state index in [1.165, 1.54) is 12.1 Å². The summed E-state index contributed by atoms with van der Waals surface area (Å²) in [5, 5.41) is 2.78. The number of hydrogen-bond acceptors (Lipinski definition) is 3. The highest BCUT2D eigenvalue weighted by molar-refractivity contribution is 5.93. The molecule has 1 saturated heterocycles. The van der Waals surface area contributed by atoms with Gasteiger partial charge in [0.15, 0.2) is 0 Å². The Morgan fingerprint density at radius 1 is 1.55 bits per heavy atom. The largest absolute Gasteiger partial charge is 0.330 e. The second-order valence-corrected chi connectivity index (χ2v) is 5.62. The van der Waals surface area contributed by atoms with Gasteiger partial charge in [0.05, 0.1) is 6.54 Å². The summed E-state index contributed by atoms with van der Waals surface area (Å²) in [4.78, 5) is 14.2. The van der Waals surface area contributed by atoms with Gasteiger partial charge in [-0.05, 0) is 50.4 Å². The van der Waals surface area contributed by atoms with Gasteiger partial charge in [-0.25, -0.2) is 4.39 Å². The van der Waals surface area contributed by atoms with Crippen LogP contribution in [0.1, 0.15) is 18.9 Å². The number of anilines is 1. The van der Waals surface area contributed by atoms with Crippen LogP contribution in [0.25, 0.3) is 0 Å². The van der Waals surface area contributed by atoms with E-state index < -0.39 is 0 Å². The minimum absolute atomic E-state index is 0.108. The molecule has 2 unspecified atom stereocenters. The van der Waals surface area contributed by atoms with Gasteiger partial charge in [-0.1, -0.05) is 6.07 Å². The Morgan fingerprint density at radius 3 is 2.95 bits per heavy atom. The van der Waals surface area contributed by atoms with Gasteiger partial charge in [0.25, 0.3) is 0 Å². The zero-order chi connectivity index (χ0) is 14.7. The van der Waals surface area contributed by atoms with Crippen molar-refractivity contribution in [2.45, 2.75) is 26.3 Å². The van der Waals surface area contributed by atoms with Crippen molar-refractivity contribution in [2.24, 2.45) is 11.7 Å². The minimum Gasteiger partial charge on any atom is -0.330 e. The van der Waals surface area contributed by atoms with E-state index in [-0.39, 0.29) is 11.7 Å².